The van der Waals surface area contributed by atoms with Gasteiger partial charge >= 0.3 is 5.56 Å². The van der Waals surface area contributed by atoms with Crippen LogP contribution in [0.4, 0.5) is 0 Å². The molecule has 1 heterocycles. The third-order valence-corrected chi connectivity index (χ3v) is 5.72. The van der Waals surface area contributed by atoms with Gasteiger partial charge in [0.1, 0.15) is 18.1 Å². The molecule has 0 radical (unpaired) electrons. The van der Waals surface area contributed by atoms with Crippen LogP contribution in [0.15, 0.2) is 71.5 Å². The molecule has 3 aromatic carbocycles. The number of hydrogen-bond acceptors (Lipinski definition) is 5. The fourth-order valence-electron chi connectivity index (χ4n) is 3.52. The first-order valence-electron chi connectivity index (χ1n) is 10.6. The topological polar surface area (TPSA) is 76.6 Å². The molecule has 4 rings (SSSR count). The Balaban J connectivity index is 1.90. The normalized spacial score (nSPS) is 10.9. The lowest BCUT2D eigenvalue weighted by Gasteiger charge is -2.16. The number of para-hydroxylation sites is 2. The quantitative estimate of drug-likeness (QED) is 0.183. The highest BCUT2D eigenvalue weighted by atomic mass is 127. The van der Waals surface area contributed by atoms with Crippen molar-refractivity contribution < 1.29 is 19.0 Å². The minimum Gasteiger partial charge on any atom is -0.618 e. The summed E-state index contributed by atoms with van der Waals surface area (Å²) < 4.78 is 14.3. The van der Waals surface area contributed by atoms with Crippen molar-refractivity contribution in [3.63, 3.8) is 0 Å². The van der Waals surface area contributed by atoms with Gasteiger partial charge in [0, 0.05) is 9.64 Å². The Kier molecular flexibility index (Phi) is 7.02. The van der Waals surface area contributed by atoms with E-state index < -0.39 is 5.56 Å². The molecule has 0 aliphatic carbocycles. The summed E-state index contributed by atoms with van der Waals surface area (Å²) in [6.07, 6.45) is 0. The van der Waals surface area contributed by atoms with Crippen LogP contribution in [-0.4, -0.2) is 17.9 Å². The maximum Gasteiger partial charge on any atom is 0.357 e. The zero-order valence-electron chi connectivity index (χ0n) is 18.3. The molecule has 0 amide bonds. The van der Waals surface area contributed by atoms with Crippen LogP contribution in [0.3, 0.4) is 0 Å². The number of halogens is 1. The van der Waals surface area contributed by atoms with Gasteiger partial charge in [0.25, 0.3) is 5.69 Å². The Morgan fingerprint density at radius 1 is 0.970 bits per heavy atom. The van der Waals surface area contributed by atoms with Gasteiger partial charge in [-0.05, 0) is 78.4 Å². The molecule has 0 atom stereocenters. The SMILES string of the molecule is CCOc1ccc(OCC)c(-c2c(=O)n(OCc3ccc(I)cc3)c3ccccc3[n+]2[O-])c1. The fraction of sp³-hybridized carbons (Fsp3) is 0.200. The van der Waals surface area contributed by atoms with Crippen LogP contribution >= 0.6 is 22.6 Å². The van der Waals surface area contributed by atoms with E-state index in [0.29, 0.717) is 46.0 Å². The number of nitrogens with zero attached hydrogens (tertiary/aromatic N) is 2. The van der Waals surface area contributed by atoms with Crippen molar-refractivity contribution >= 4 is 33.6 Å². The molecule has 0 aliphatic heterocycles. The highest BCUT2D eigenvalue weighted by Crippen LogP contribution is 2.31. The van der Waals surface area contributed by atoms with Crippen LogP contribution < -0.4 is 24.6 Å². The third-order valence-electron chi connectivity index (χ3n) is 5.00. The number of rotatable bonds is 8. The largest absolute Gasteiger partial charge is 0.618 e. The highest BCUT2D eigenvalue weighted by molar-refractivity contribution is 14.1. The number of fused-ring (bicyclic) bond motifs is 1. The molecule has 0 saturated heterocycles. The van der Waals surface area contributed by atoms with E-state index in [1.165, 1.54) is 4.73 Å². The Hall–Kier alpha value is -3.27. The van der Waals surface area contributed by atoms with Crippen molar-refractivity contribution in [1.29, 1.82) is 0 Å². The summed E-state index contributed by atoms with van der Waals surface area (Å²) in [5.74, 6) is 0.956. The van der Waals surface area contributed by atoms with E-state index in [2.05, 4.69) is 22.6 Å². The number of hydrogen-bond donors (Lipinski definition) is 0. The van der Waals surface area contributed by atoms with Crippen molar-refractivity contribution in [1.82, 2.24) is 4.73 Å². The third kappa shape index (κ3) is 4.75. The lowest BCUT2D eigenvalue weighted by Crippen LogP contribution is -2.42. The minimum atomic E-state index is -0.580. The molecule has 0 aliphatic rings. The number of benzene rings is 3. The molecule has 0 unspecified atom stereocenters. The van der Waals surface area contributed by atoms with Gasteiger partial charge in [-0.1, -0.05) is 24.3 Å². The van der Waals surface area contributed by atoms with Gasteiger partial charge in [0.2, 0.25) is 5.52 Å². The molecule has 0 N–H and O–H groups in total. The first kappa shape index (κ1) is 22.9. The first-order chi connectivity index (χ1) is 16.0. The summed E-state index contributed by atoms with van der Waals surface area (Å²) >= 11 is 2.23. The molecule has 7 nitrogen and oxygen atoms in total. The van der Waals surface area contributed by atoms with Crippen LogP contribution in [0.1, 0.15) is 19.4 Å². The number of ether oxygens (including phenoxy) is 2. The van der Waals surface area contributed by atoms with Crippen molar-refractivity contribution in [2.24, 2.45) is 0 Å². The second-order valence-corrected chi connectivity index (χ2v) is 8.40. The molecule has 33 heavy (non-hydrogen) atoms. The highest BCUT2D eigenvalue weighted by Gasteiger charge is 2.27. The molecule has 8 heteroatoms. The van der Waals surface area contributed by atoms with E-state index in [-0.39, 0.29) is 12.3 Å². The molecule has 0 spiro atoms. The van der Waals surface area contributed by atoms with Gasteiger partial charge in [-0.15, -0.1) is 4.73 Å². The predicted octanol–water partition coefficient (Wildman–Crippen LogP) is 4.33. The van der Waals surface area contributed by atoms with E-state index in [4.69, 9.17) is 14.3 Å². The van der Waals surface area contributed by atoms with Gasteiger partial charge in [-0.25, -0.2) is 0 Å². The van der Waals surface area contributed by atoms with Gasteiger partial charge in [-0.2, -0.15) is 4.73 Å². The van der Waals surface area contributed by atoms with E-state index in [9.17, 15) is 10.0 Å². The average molecular weight is 558 g/mol. The summed E-state index contributed by atoms with van der Waals surface area (Å²) in [7, 11) is 0. The molecule has 1 aromatic heterocycles. The zero-order chi connectivity index (χ0) is 23.4. The second kappa shape index (κ2) is 10.1. The summed E-state index contributed by atoms with van der Waals surface area (Å²) in [6, 6.07) is 19.8. The van der Waals surface area contributed by atoms with Crippen LogP contribution in [0, 0.1) is 8.78 Å². The molecular formula is C25H23IN2O5. The van der Waals surface area contributed by atoms with E-state index in [1.54, 1.807) is 42.5 Å². The summed E-state index contributed by atoms with van der Waals surface area (Å²) in [4.78, 5) is 19.6. The smallest absolute Gasteiger partial charge is 0.357 e. The summed E-state index contributed by atoms with van der Waals surface area (Å²) in [5, 5.41) is 13.4. The van der Waals surface area contributed by atoms with Crippen LogP contribution in [-0.2, 0) is 6.61 Å². The first-order valence-corrected chi connectivity index (χ1v) is 11.7. The Labute approximate surface area is 204 Å². The summed E-state index contributed by atoms with van der Waals surface area (Å²) in [5.41, 5.74) is 1.26. The predicted molar refractivity (Wildman–Crippen MR) is 134 cm³/mol. The maximum atomic E-state index is 13.6. The zero-order valence-corrected chi connectivity index (χ0v) is 20.4. The lowest BCUT2D eigenvalue weighted by atomic mass is 10.1. The van der Waals surface area contributed by atoms with Gasteiger partial charge in [0.15, 0.2) is 5.52 Å². The van der Waals surface area contributed by atoms with Crippen LogP contribution in [0.2, 0.25) is 0 Å². The van der Waals surface area contributed by atoms with Crippen LogP contribution in [0.25, 0.3) is 22.3 Å². The van der Waals surface area contributed by atoms with Gasteiger partial charge < -0.3 is 19.5 Å². The Morgan fingerprint density at radius 3 is 2.42 bits per heavy atom. The van der Waals surface area contributed by atoms with Crippen molar-refractivity contribution in [3.8, 4) is 22.8 Å². The van der Waals surface area contributed by atoms with Crippen LogP contribution in [0.5, 0.6) is 11.5 Å². The van der Waals surface area contributed by atoms with E-state index in [1.807, 2.05) is 38.1 Å². The minimum absolute atomic E-state index is 0.0960. The molecular weight excluding hydrogens is 535 g/mol. The van der Waals surface area contributed by atoms with Gasteiger partial charge in [0.05, 0.1) is 18.8 Å². The van der Waals surface area contributed by atoms with Crippen molar-refractivity contribution in [3.05, 3.63) is 91.4 Å². The standard InChI is InChI=1S/C25H23IN2O5/c1-3-31-19-13-14-23(32-4-2)20(15-19)24-25(29)28(22-8-6-5-7-21(22)27(24)30)33-16-17-9-11-18(26)12-10-17/h5-15H,3-4,16H2,1-2H3. The molecule has 4 aromatic rings. The molecule has 0 bridgehead atoms. The fourth-order valence-corrected chi connectivity index (χ4v) is 3.88. The number of aromatic nitrogens is 2. The Bertz CT molecular complexity index is 1340. The lowest BCUT2D eigenvalue weighted by molar-refractivity contribution is -0.566. The monoisotopic (exact) mass is 558 g/mol. The summed E-state index contributed by atoms with van der Waals surface area (Å²) in [6.45, 7) is 4.71. The van der Waals surface area contributed by atoms with Crippen molar-refractivity contribution in [2.45, 2.75) is 20.5 Å². The van der Waals surface area contributed by atoms with E-state index in [0.717, 1.165) is 9.13 Å². The molecule has 170 valence electrons. The maximum absolute atomic E-state index is 13.6. The second-order valence-electron chi connectivity index (χ2n) is 7.16. The van der Waals surface area contributed by atoms with Crippen molar-refractivity contribution in [2.75, 3.05) is 13.2 Å². The van der Waals surface area contributed by atoms with E-state index >= 15 is 0 Å². The Morgan fingerprint density at radius 2 is 1.70 bits per heavy atom. The molecule has 0 saturated carbocycles. The molecule has 0 fully saturated rings. The van der Waals surface area contributed by atoms with Gasteiger partial charge in [-0.3, -0.25) is 4.79 Å². The average Bonchev–Trinajstić information content (AvgIpc) is 2.82.